The number of hydrogen-bond donors (Lipinski definition) is 0. The first kappa shape index (κ1) is 16.6. The fourth-order valence-electron chi connectivity index (χ4n) is 4.04. The van der Waals surface area contributed by atoms with E-state index in [-0.39, 0.29) is 18.2 Å². The summed E-state index contributed by atoms with van der Waals surface area (Å²) in [5.41, 5.74) is 1.56. The molecule has 2 aliphatic heterocycles. The number of nitrogens with zero attached hydrogens (tertiary/aromatic N) is 3. The Hall–Kier alpha value is -2.83. The van der Waals surface area contributed by atoms with Crippen LogP contribution in [0.1, 0.15) is 35.8 Å². The zero-order chi connectivity index (χ0) is 18.3. The third kappa shape index (κ3) is 2.38. The maximum atomic E-state index is 13.1. The van der Waals surface area contributed by atoms with Gasteiger partial charge in [0, 0.05) is 25.8 Å². The van der Waals surface area contributed by atoms with Gasteiger partial charge in [0.05, 0.1) is 12.0 Å². The summed E-state index contributed by atoms with van der Waals surface area (Å²) in [6.07, 6.45) is 2.94. The lowest BCUT2D eigenvalue weighted by atomic mass is 9.75. The number of para-hydroxylation sites is 1. The van der Waals surface area contributed by atoms with E-state index < -0.39 is 11.4 Å². The standard InChI is InChI=1S/C19H21N3O4/c1-3-25-16(23)14-11-26-18(20-14)22-10-6-9-19(12-22)13-7-4-5-8-15(13)21(2)17(19)24/h4-5,7-8,11H,3,6,9-10,12H2,1-2H3/t19-/m0/s1. The zero-order valence-corrected chi connectivity index (χ0v) is 14.9. The van der Waals surface area contributed by atoms with Crippen LogP contribution in [0.15, 0.2) is 34.9 Å². The van der Waals surface area contributed by atoms with Crippen LogP contribution in [-0.4, -0.2) is 43.6 Å². The summed E-state index contributed by atoms with van der Waals surface area (Å²) >= 11 is 0. The van der Waals surface area contributed by atoms with Crippen LogP contribution in [0.5, 0.6) is 0 Å². The van der Waals surface area contributed by atoms with Crippen molar-refractivity contribution in [2.24, 2.45) is 0 Å². The molecule has 1 aromatic carbocycles. The highest BCUT2D eigenvalue weighted by Crippen LogP contribution is 2.46. The molecule has 0 bridgehead atoms. The van der Waals surface area contributed by atoms with Crippen molar-refractivity contribution in [2.45, 2.75) is 25.2 Å². The number of anilines is 2. The lowest BCUT2D eigenvalue weighted by Gasteiger charge is -2.38. The summed E-state index contributed by atoms with van der Waals surface area (Å²) < 4.78 is 10.5. The first-order valence-corrected chi connectivity index (χ1v) is 8.82. The van der Waals surface area contributed by atoms with E-state index in [9.17, 15) is 9.59 Å². The number of esters is 1. The Morgan fingerprint density at radius 3 is 3.00 bits per heavy atom. The van der Waals surface area contributed by atoms with E-state index in [2.05, 4.69) is 4.98 Å². The molecule has 7 heteroatoms. The predicted molar refractivity (Wildman–Crippen MR) is 95.4 cm³/mol. The Balaban J connectivity index is 1.65. The Morgan fingerprint density at radius 2 is 2.19 bits per heavy atom. The van der Waals surface area contributed by atoms with Crippen molar-refractivity contribution in [1.82, 2.24) is 4.98 Å². The van der Waals surface area contributed by atoms with Crippen LogP contribution in [-0.2, 0) is 14.9 Å². The lowest BCUT2D eigenvalue weighted by molar-refractivity contribution is -0.123. The van der Waals surface area contributed by atoms with Crippen molar-refractivity contribution >= 4 is 23.6 Å². The van der Waals surface area contributed by atoms with E-state index in [1.54, 1.807) is 11.8 Å². The fraction of sp³-hybridized carbons (Fsp3) is 0.421. The second-order valence-corrected chi connectivity index (χ2v) is 6.72. The van der Waals surface area contributed by atoms with Crippen molar-refractivity contribution in [2.75, 3.05) is 36.5 Å². The second-order valence-electron chi connectivity index (χ2n) is 6.72. The summed E-state index contributed by atoms with van der Waals surface area (Å²) in [6, 6.07) is 8.27. The molecular formula is C19H21N3O4. The van der Waals surface area contributed by atoms with Crippen molar-refractivity contribution in [1.29, 1.82) is 0 Å². The van der Waals surface area contributed by atoms with E-state index in [4.69, 9.17) is 9.15 Å². The first-order chi connectivity index (χ1) is 12.6. The maximum absolute atomic E-state index is 13.1. The van der Waals surface area contributed by atoms with Gasteiger partial charge in [-0.1, -0.05) is 18.2 Å². The number of oxazole rings is 1. The normalized spacial score (nSPS) is 22.0. The summed E-state index contributed by atoms with van der Waals surface area (Å²) in [5, 5.41) is 0. The number of piperidine rings is 1. The Kier molecular flexibility index (Phi) is 3.94. The zero-order valence-electron chi connectivity index (χ0n) is 14.9. The molecule has 0 N–H and O–H groups in total. The van der Waals surface area contributed by atoms with Crippen molar-refractivity contribution in [3.63, 3.8) is 0 Å². The van der Waals surface area contributed by atoms with Crippen molar-refractivity contribution < 1.29 is 18.7 Å². The molecule has 1 aromatic heterocycles. The van der Waals surface area contributed by atoms with Gasteiger partial charge >= 0.3 is 5.97 Å². The number of benzene rings is 1. The van der Waals surface area contributed by atoms with Gasteiger partial charge in [-0.15, -0.1) is 0 Å². The van der Waals surface area contributed by atoms with Gasteiger partial charge in [-0.25, -0.2) is 4.79 Å². The third-order valence-electron chi connectivity index (χ3n) is 5.23. The van der Waals surface area contributed by atoms with E-state index in [0.717, 1.165) is 30.6 Å². The monoisotopic (exact) mass is 355 g/mol. The molecule has 2 aliphatic rings. The molecule has 0 radical (unpaired) electrons. The third-order valence-corrected chi connectivity index (χ3v) is 5.23. The number of hydrogen-bond acceptors (Lipinski definition) is 6. The van der Waals surface area contributed by atoms with Crippen LogP contribution in [0.25, 0.3) is 0 Å². The smallest absolute Gasteiger partial charge is 0.360 e. The Morgan fingerprint density at radius 1 is 1.38 bits per heavy atom. The minimum Gasteiger partial charge on any atom is -0.461 e. The molecule has 136 valence electrons. The summed E-state index contributed by atoms with van der Waals surface area (Å²) in [6.45, 7) is 3.23. The van der Waals surface area contributed by atoms with E-state index in [1.165, 1.54) is 6.26 Å². The Labute approximate surface area is 151 Å². The average molecular weight is 355 g/mol. The van der Waals surface area contributed by atoms with Gasteiger partial charge in [0.1, 0.15) is 6.26 Å². The molecule has 0 saturated carbocycles. The number of likely N-dealkylation sites (N-methyl/N-ethyl adjacent to an activating group) is 1. The SMILES string of the molecule is CCOC(=O)c1coc(N2CCC[C@@]3(C2)C(=O)N(C)c2ccccc23)n1. The number of amides is 1. The van der Waals surface area contributed by atoms with Gasteiger partial charge in [-0.2, -0.15) is 4.98 Å². The van der Waals surface area contributed by atoms with Gasteiger partial charge in [0.25, 0.3) is 6.01 Å². The molecule has 1 spiro atoms. The minimum atomic E-state index is -0.595. The summed E-state index contributed by atoms with van der Waals surface area (Å²) in [4.78, 5) is 32.9. The average Bonchev–Trinajstić information content (AvgIpc) is 3.23. The number of fused-ring (bicyclic) bond motifs is 2. The predicted octanol–water partition coefficient (Wildman–Crippen LogP) is 2.37. The van der Waals surface area contributed by atoms with Crippen LogP contribution in [0.4, 0.5) is 11.7 Å². The number of ether oxygens (including phenoxy) is 1. The topological polar surface area (TPSA) is 75.9 Å². The van der Waals surface area contributed by atoms with Crippen LogP contribution < -0.4 is 9.80 Å². The van der Waals surface area contributed by atoms with Crippen LogP contribution in [0.3, 0.4) is 0 Å². The van der Waals surface area contributed by atoms with Crippen LogP contribution >= 0.6 is 0 Å². The maximum Gasteiger partial charge on any atom is 0.360 e. The Bertz CT molecular complexity index is 862. The molecule has 1 fully saturated rings. The van der Waals surface area contributed by atoms with Gasteiger partial charge in [0.2, 0.25) is 5.91 Å². The van der Waals surface area contributed by atoms with Gasteiger partial charge in [-0.05, 0) is 31.4 Å². The highest BCUT2D eigenvalue weighted by atomic mass is 16.5. The molecular weight excluding hydrogens is 334 g/mol. The molecule has 0 aliphatic carbocycles. The first-order valence-electron chi connectivity index (χ1n) is 8.82. The number of carbonyl (C=O) groups excluding carboxylic acids is 2. The second kappa shape index (κ2) is 6.16. The molecule has 26 heavy (non-hydrogen) atoms. The van der Waals surface area contributed by atoms with Crippen molar-refractivity contribution in [3.8, 4) is 0 Å². The quantitative estimate of drug-likeness (QED) is 0.787. The summed E-state index contributed by atoms with van der Waals surface area (Å²) in [7, 11) is 1.82. The molecule has 4 rings (SSSR count). The van der Waals surface area contributed by atoms with E-state index >= 15 is 0 Å². The van der Waals surface area contributed by atoms with Crippen LogP contribution in [0, 0.1) is 0 Å². The number of rotatable bonds is 3. The molecule has 1 amide bonds. The molecule has 3 heterocycles. The molecule has 1 atom stereocenters. The fourth-order valence-corrected chi connectivity index (χ4v) is 4.04. The molecule has 0 unspecified atom stereocenters. The van der Waals surface area contributed by atoms with Gasteiger partial charge in [0.15, 0.2) is 5.69 Å². The van der Waals surface area contributed by atoms with Crippen LogP contribution in [0.2, 0.25) is 0 Å². The van der Waals surface area contributed by atoms with Crippen molar-refractivity contribution in [3.05, 3.63) is 41.8 Å². The lowest BCUT2D eigenvalue weighted by Crippen LogP contribution is -2.51. The minimum absolute atomic E-state index is 0.0978. The molecule has 2 aromatic rings. The van der Waals surface area contributed by atoms with E-state index in [0.29, 0.717) is 12.6 Å². The van der Waals surface area contributed by atoms with Gasteiger partial charge in [-0.3, -0.25) is 4.79 Å². The number of carbonyl (C=O) groups is 2. The highest BCUT2D eigenvalue weighted by molar-refractivity contribution is 6.08. The summed E-state index contributed by atoms with van der Waals surface area (Å²) in [5.74, 6) is -0.406. The molecule has 1 saturated heterocycles. The van der Waals surface area contributed by atoms with E-state index in [1.807, 2.05) is 36.2 Å². The molecule has 7 nitrogen and oxygen atoms in total. The number of aromatic nitrogens is 1. The largest absolute Gasteiger partial charge is 0.461 e. The van der Waals surface area contributed by atoms with Gasteiger partial charge < -0.3 is 19.0 Å². The highest BCUT2D eigenvalue weighted by Gasteiger charge is 2.52.